The molecule has 0 unspecified atom stereocenters. The van der Waals surface area contributed by atoms with E-state index in [4.69, 9.17) is 0 Å². The number of carbonyl (C=O) groups is 1. The molecule has 0 aromatic carbocycles. The molecule has 4 nitrogen and oxygen atoms in total. The number of piperidine rings is 1. The fourth-order valence-corrected chi connectivity index (χ4v) is 3.17. The number of aryl methyl sites for hydroxylation is 2. The number of nitrogens with one attached hydrogen (secondary N) is 1. The van der Waals surface area contributed by atoms with Gasteiger partial charge in [0.15, 0.2) is 5.13 Å². The zero-order valence-electron chi connectivity index (χ0n) is 13.1. The normalized spacial score (nSPS) is 17.4. The number of amides is 1. The third-order valence-electron chi connectivity index (χ3n) is 3.80. The monoisotopic (exact) mass is 295 g/mol. The predicted octanol–water partition coefficient (Wildman–Crippen LogP) is 2.89. The summed E-state index contributed by atoms with van der Waals surface area (Å²) >= 11 is 1.77. The van der Waals surface area contributed by atoms with Crippen molar-refractivity contribution in [2.45, 2.75) is 53.5 Å². The quantitative estimate of drug-likeness (QED) is 0.912. The molecule has 5 heteroatoms. The Kier molecular flexibility index (Phi) is 4.37. The third-order valence-corrected chi connectivity index (χ3v) is 4.93. The van der Waals surface area contributed by atoms with Gasteiger partial charge >= 0.3 is 0 Å². The van der Waals surface area contributed by atoms with Gasteiger partial charge in [-0.25, -0.2) is 4.98 Å². The first kappa shape index (κ1) is 15.3. The number of aromatic nitrogens is 1. The van der Waals surface area contributed by atoms with E-state index >= 15 is 0 Å². The highest BCUT2D eigenvalue weighted by Crippen LogP contribution is 2.27. The number of anilines is 1. The topological polar surface area (TPSA) is 45.2 Å². The standard InChI is InChI=1S/C15H25N3OS/c1-10-11(2)20-14(16-10)18-8-6-12(7-9-18)17-13(19)15(3,4)5/h12H,6-9H2,1-5H3,(H,17,19). The summed E-state index contributed by atoms with van der Waals surface area (Å²) in [5.41, 5.74) is 0.828. The highest BCUT2D eigenvalue weighted by Gasteiger charge is 2.27. The lowest BCUT2D eigenvalue weighted by Gasteiger charge is -2.33. The average molecular weight is 295 g/mol. The second-order valence-corrected chi connectivity index (χ2v) is 7.80. The predicted molar refractivity (Wildman–Crippen MR) is 84.4 cm³/mol. The van der Waals surface area contributed by atoms with Crippen LogP contribution in [-0.2, 0) is 4.79 Å². The van der Waals surface area contributed by atoms with Crippen molar-refractivity contribution in [1.29, 1.82) is 0 Å². The number of rotatable bonds is 2. The molecule has 1 aliphatic rings. The number of hydrogen-bond acceptors (Lipinski definition) is 4. The lowest BCUT2D eigenvalue weighted by atomic mass is 9.94. The lowest BCUT2D eigenvalue weighted by Crippen LogP contribution is -2.47. The molecule has 0 saturated carbocycles. The van der Waals surface area contributed by atoms with Gasteiger partial charge in [-0.3, -0.25) is 4.79 Å². The van der Waals surface area contributed by atoms with Crippen molar-refractivity contribution in [2.75, 3.05) is 18.0 Å². The smallest absolute Gasteiger partial charge is 0.225 e. The van der Waals surface area contributed by atoms with Crippen molar-refractivity contribution in [1.82, 2.24) is 10.3 Å². The Morgan fingerprint density at radius 2 is 1.90 bits per heavy atom. The van der Waals surface area contributed by atoms with Crippen molar-refractivity contribution < 1.29 is 4.79 Å². The molecule has 1 saturated heterocycles. The maximum absolute atomic E-state index is 12.0. The highest BCUT2D eigenvalue weighted by molar-refractivity contribution is 7.15. The molecule has 0 spiro atoms. The molecule has 0 bridgehead atoms. The number of carbonyl (C=O) groups excluding carboxylic acids is 1. The van der Waals surface area contributed by atoms with Crippen LogP contribution in [0.1, 0.15) is 44.2 Å². The summed E-state index contributed by atoms with van der Waals surface area (Å²) in [6.07, 6.45) is 2.00. The van der Waals surface area contributed by atoms with Crippen molar-refractivity contribution >= 4 is 22.4 Å². The van der Waals surface area contributed by atoms with Gasteiger partial charge in [0.25, 0.3) is 0 Å². The van der Waals surface area contributed by atoms with Crippen molar-refractivity contribution in [3.63, 3.8) is 0 Å². The summed E-state index contributed by atoms with van der Waals surface area (Å²) < 4.78 is 0. The Morgan fingerprint density at radius 1 is 1.30 bits per heavy atom. The van der Waals surface area contributed by atoms with E-state index < -0.39 is 0 Å². The number of nitrogens with zero attached hydrogens (tertiary/aromatic N) is 2. The second-order valence-electron chi connectivity index (χ2n) is 6.62. The molecule has 20 heavy (non-hydrogen) atoms. The minimum Gasteiger partial charge on any atom is -0.353 e. The Balaban J connectivity index is 1.88. The van der Waals surface area contributed by atoms with Crippen LogP contribution in [0, 0.1) is 19.3 Å². The summed E-state index contributed by atoms with van der Waals surface area (Å²) in [6, 6.07) is 0.306. The SMILES string of the molecule is Cc1nc(N2CCC(NC(=O)C(C)(C)C)CC2)sc1C. The van der Waals surface area contributed by atoms with E-state index in [0.29, 0.717) is 6.04 Å². The van der Waals surface area contributed by atoms with E-state index in [9.17, 15) is 4.79 Å². The first-order chi connectivity index (χ1) is 9.27. The van der Waals surface area contributed by atoms with E-state index in [2.05, 4.69) is 29.0 Å². The Morgan fingerprint density at radius 3 is 2.35 bits per heavy atom. The van der Waals surface area contributed by atoms with Crippen LogP contribution in [0.4, 0.5) is 5.13 Å². The summed E-state index contributed by atoms with van der Waals surface area (Å²) in [5, 5.41) is 4.29. The molecular weight excluding hydrogens is 270 g/mol. The molecule has 0 radical (unpaired) electrons. The van der Waals surface area contributed by atoms with Gasteiger partial charge in [0.2, 0.25) is 5.91 Å². The van der Waals surface area contributed by atoms with E-state index in [1.54, 1.807) is 11.3 Å². The van der Waals surface area contributed by atoms with Crippen molar-refractivity contribution in [3.05, 3.63) is 10.6 Å². The molecule has 112 valence electrons. The molecule has 2 rings (SSSR count). The molecule has 1 fully saturated rings. The van der Waals surface area contributed by atoms with E-state index in [1.165, 1.54) is 4.88 Å². The number of hydrogen-bond donors (Lipinski definition) is 1. The second kappa shape index (κ2) is 5.72. The van der Waals surface area contributed by atoms with Crippen LogP contribution in [0.25, 0.3) is 0 Å². The Labute approximate surface area is 125 Å². The van der Waals surface area contributed by atoms with E-state index in [0.717, 1.165) is 36.8 Å². The van der Waals surface area contributed by atoms with Crippen LogP contribution >= 0.6 is 11.3 Å². The fourth-order valence-electron chi connectivity index (χ4n) is 2.21. The van der Waals surface area contributed by atoms with Crippen LogP contribution in [-0.4, -0.2) is 30.0 Å². The molecule has 1 aromatic rings. The first-order valence-electron chi connectivity index (χ1n) is 7.27. The summed E-state index contributed by atoms with van der Waals surface area (Å²) in [4.78, 5) is 20.2. The molecule has 1 N–H and O–H groups in total. The van der Waals surface area contributed by atoms with Gasteiger partial charge in [0, 0.05) is 29.4 Å². The van der Waals surface area contributed by atoms with E-state index in [1.807, 2.05) is 20.8 Å². The van der Waals surface area contributed by atoms with Crippen molar-refractivity contribution in [3.8, 4) is 0 Å². The highest BCUT2D eigenvalue weighted by atomic mass is 32.1. The molecular formula is C15H25N3OS. The molecule has 1 amide bonds. The van der Waals surface area contributed by atoms with E-state index in [-0.39, 0.29) is 11.3 Å². The Bertz CT molecular complexity index is 462. The molecule has 0 aliphatic carbocycles. The summed E-state index contributed by atoms with van der Waals surface area (Å²) in [7, 11) is 0. The zero-order valence-corrected chi connectivity index (χ0v) is 13.9. The van der Waals surface area contributed by atoms with Gasteiger partial charge in [0.05, 0.1) is 5.69 Å². The van der Waals surface area contributed by atoms with Gasteiger partial charge in [-0.1, -0.05) is 20.8 Å². The zero-order chi connectivity index (χ0) is 14.9. The van der Waals surface area contributed by atoms with Crippen LogP contribution in [0.3, 0.4) is 0 Å². The molecule has 0 atom stereocenters. The minimum absolute atomic E-state index is 0.150. The Hall–Kier alpha value is -1.10. The van der Waals surface area contributed by atoms with Gasteiger partial charge < -0.3 is 10.2 Å². The van der Waals surface area contributed by atoms with Crippen LogP contribution in [0.15, 0.2) is 0 Å². The molecule has 1 aliphatic heterocycles. The van der Waals surface area contributed by atoms with Gasteiger partial charge in [-0.15, -0.1) is 11.3 Å². The van der Waals surface area contributed by atoms with Gasteiger partial charge in [0.1, 0.15) is 0 Å². The fraction of sp³-hybridized carbons (Fsp3) is 0.733. The van der Waals surface area contributed by atoms with Crippen molar-refractivity contribution in [2.24, 2.45) is 5.41 Å². The van der Waals surface area contributed by atoms with Gasteiger partial charge in [-0.05, 0) is 26.7 Å². The van der Waals surface area contributed by atoms with Crippen LogP contribution in [0.2, 0.25) is 0 Å². The molecule has 1 aromatic heterocycles. The maximum Gasteiger partial charge on any atom is 0.225 e. The first-order valence-corrected chi connectivity index (χ1v) is 8.09. The van der Waals surface area contributed by atoms with Gasteiger partial charge in [-0.2, -0.15) is 0 Å². The van der Waals surface area contributed by atoms with Crippen LogP contribution < -0.4 is 10.2 Å². The number of thiazole rings is 1. The minimum atomic E-state index is -0.305. The lowest BCUT2D eigenvalue weighted by molar-refractivity contribution is -0.129. The molecule has 2 heterocycles. The van der Waals surface area contributed by atoms with Crippen LogP contribution in [0.5, 0.6) is 0 Å². The summed E-state index contributed by atoms with van der Waals surface area (Å²) in [6.45, 7) is 12.0. The third kappa shape index (κ3) is 3.51. The summed E-state index contributed by atoms with van der Waals surface area (Å²) in [5.74, 6) is 0.150. The maximum atomic E-state index is 12.0. The largest absolute Gasteiger partial charge is 0.353 e. The average Bonchev–Trinajstić information content (AvgIpc) is 2.69.